The van der Waals surface area contributed by atoms with Crippen LogP contribution in [0.15, 0.2) is 4.99 Å². The number of likely N-dealkylation sites (N-methyl/N-ethyl adjacent to an activating group) is 2. The molecule has 0 aromatic rings. The van der Waals surface area contributed by atoms with Gasteiger partial charge in [-0.25, -0.2) is 0 Å². The Morgan fingerprint density at radius 3 is 2.46 bits per heavy atom. The summed E-state index contributed by atoms with van der Waals surface area (Å²) < 4.78 is 5.87. The average molecular weight is 341 g/mol. The summed E-state index contributed by atoms with van der Waals surface area (Å²) in [6.45, 7) is 10.2. The molecule has 1 rings (SSSR count). The lowest BCUT2D eigenvalue weighted by atomic mass is 10.3. The highest BCUT2D eigenvalue weighted by Gasteiger charge is 2.16. The monoisotopic (exact) mass is 340 g/mol. The Balaban J connectivity index is 2.37. The van der Waals surface area contributed by atoms with E-state index in [1.165, 1.54) is 25.7 Å². The molecule has 0 unspecified atom stereocenters. The Morgan fingerprint density at radius 2 is 1.88 bits per heavy atom. The summed E-state index contributed by atoms with van der Waals surface area (Å²) in [4.78, 5) is 20.6. The van der Waals surface area contributed by atoms with Gasteiger partial charge in [0.15, 0.2) is 5.96 Å². The Hall–Kier alpha value is -1.30. The van der Waals surface area contributed by atoms with E-state index in [4.69, 9.17) is 4.74 Å². The van der Waals surface area contributed by atoms with Crippen molar-refractivity contribution >= 4 is 11.9 Å². The van der Waals surface area contributed by atoms with Crippen LogP contribution in [0.4, 0.5) is 0 Å². The topological polar surface area (TPSA) is 57.2 Å². The fraction of sp³-hybridized carbons (Fsp3) is 0.889. The lowest BCUT2D eigenvalue weighted by Crippen LogP contribution is -2.45. The molecule has 1 fully saturated rings. The third-order valence-electron chi connectivity index (χ3n) is 4.40. The van der Waals surface area contributed by atoms with E-state index in [2.05, 4.69) is 10.3 Å². The van der Waals surface area contributed by atoms with Gasteiger partial charge in [-0.2, -0.15) is 0 Å². The van der Waals surface area contributed by atoms with E-state index in [9.17, 15) is 4.79 Å². The number of carbonyl (C=O) groups excluding carboxylic acids is 1. The fourth-order valence-corrected chi connectivity index (χ4v) is 2.98. The molecular weight excluding hydrogens is 304 g/mol. The number of ether oxygens (including phenoxy) is 1. The first-order chi connectivity index (χ1) is 11.6. The highest BCUT2D eigenvalue weighted by molar-refractivity contribution is 5.86. The molecule has 0 aromatic carbocycles. The molecule has 0 aliphatic heterocycles. The van der Waals surface area contributed by atoms with Crippen molar-refractivity contribution in [2.75, 3.05) is 46.4 Å². The Morgan fingerprint density at radius 1 is 1.21 bits per heavy atom. The molecule has 6 heteroatoms. The van der Waals surface area contributed by atoms with Crippen LogP contribution in [0.2, 0.25) is 0 Å². The maximum absolute atomic E-state index is 12.2. The number of hydrogen-bond acceptors (Lipinski definition) is 3. The zero-order valence-corrected chi connectivity index (χ0v) is 16.0. The summed E-state index contributed by atoms with van der Waals surface area (Å²) in [5.41, 5.74) is 0. The average Bonchev–Trinajstić information content (AvgIpc) is 3.08. The normalized spacial score (nSPS) is 15.6. The van der Waals surface area contributed by atoms with Crippen molar-refractivity contribution in [1.29, 1.82) is 0 Å². The predicted molar refractivity (Wildman–Crippen MR) is 99.4 cm³/mol. The molecular formula is C18H36N4O2. The van der Waals surface area contributed by atoms with Crippen LogP contribution in [0.1, 0.15) is 52.9 Å². The highest BCUT2D eigenvalue weighted by Crippen LogP contribution is 2.20. The molecule has 6 nitrogen and oxygen atoms in total. The van der Waals surface area contributed by atoms with Crippen LogP contribution in [0.5, 0.6) is 0 Å². The maximum Gasteiger partial charge on any atom is 0.242 e. The summed E-state index contributed by atoms with van der Waals surface area (Å²) in [5.74, 6) is 0.927. The van der Waals surface area contributed by atoms with Crippen molar-refractivity contribution in [2.45, 2.75) is 59.0 Å². The van der Waals surface area contributed by atoms with Crippen LogP contribution in [0.25, 0.3) is 0 Å². The zero-order chi connectivity index (χ0) is 17.8. The molecule has 1 amide bonds. The molecule has 0 radical (unpaired) electrons. The summed E-state index contributed by atoms with van der Waals surface area (Å²) >= 11 is 0. The van der Waals surface area contributed by atoms with Gasteiger partial charge in [-0.3, -0.25) is 9.79 Å². The fourth-order valence-electron chi connectivity index (χ4n) is 2.98. The number of hydrogen-bond donors (Lipinski definition) is 1. The molecule has 1 saturated carbocycles. The molecule has 1 N–H and O–H groups in total. The van der Waals surface area contributed by atoms with Gasteiger partial charge >= 0.3 is 0 Å². The van der Waals surface area contributed by atoms with Crippen molar-refractivity contribution < 1.29 is 9.53 Å². The Bertz CT molecular complexity index is 377. The van der Waals surface area contributed by atoms with E-state index >= 15 is 0 Å². The third-order valence-corrected chi connectivity index (χ3v) is 4.40. The summed E-state index contributed by atoms with van der Waals surface area (Å²) in [5, 5.41) is 3.26. The lowest BCUT2D eigenvalue weighted by molar-refractivity contribution is -0.131. The number of nitrogens with one attached hydrogen (secondary N) is 1. The zero-order valence-electron chi connectivity index (χ0n) is 16.0. The second kappa shape index (κ2) is 12.1. The van der Waals surface area contributed by atoms with Gasteiger partial charge in [-0.1, -0.05) is 12.8 Å². The smallest absolute Gasteiger partial charge is 0.242 e. The molecule has 1 aliphatic carbocycles. The minimum absolute atomic E-state index is 0.137. The largest absolute Gasteiger partial charge is 0.378 e. The lowest BCUT2D eigenvalue weighted by Gasteiger charge is -2.25. The Kier molecular flexibility index (Phi) is 10.5. The molecule has 0 spiro atoms. The van der Waals surface area contributed by atoms with E-state index in [1.54, 1.807) is 0 Å². The van der Waals surface area contributed by atoms with Crippen LogP contribution in [-0.2, 0) is 9.53 Å². The number of carbonyl (C=O) groups is 1. The van der Waals surface area contributed by atoms with Gasteiger partial charge in [0.2, 0.25) is 5.91 Å². The van der Waals surface area contributed by atoms with Gasteiger partial charge in [0.1, 0.15) is 0 Å². The molecule has 0 atom stereocenters. The van der Waals surface area contributed by atoms with Crippen molar-refractivity contribution in [3.63, 3.8) is 0 Å². The number of aliphatic imine (C=N–C) groups is 1. The molecule has 1 aliphatic rings. The SMILES string of the molecule is CCNC(=NCCCOC1CCCC1)N(C)CC(=O)N(CC)CC. The Labute approximate surface area is 147 Å². The number of guanidine groups is 1. The summed E-state index contributed by atoms with van der Waals surface area (Å²) in [7, 11) is 1.91. The first kappa shape index (κ1) is 20.7. The molecule has 0 heterocycles. The molecule has 140 valence electrons. The maximum atomic E-state index is 12.2. The first-order valence-corrected chi connectivity index (χ1v) is 9.51. The van der Waals surface area contributed by atoms with Gasteiger partial charge in [0.05, 0.1) is 12.6 Å². The highest BCUT2D eigenvalue weighted by atomic mass is 16.5. The van der Waals surface area contributed by atoms with Crippen molar-refractivity contribution in [3.8, 4) is 0 Å². The summed E-state index contributed by atoms with van der Waals surface area (Å²) in [6, 6.07) is 0. The van der Waals surface area contributed by atoms with Crippen LogP contribution in [-0.4, -0.2) is 74.1 Å². The van der Waals surface area contributed by atoms with Crippen LogP contribution < -0.4 is 5.32 Å². The van der Waals surface area contributed by atoms with E-state index in [0.29, 0.717) is 12.6 Å². The van der Waals surface area contributed by atoms with Gasteiger partial charge in [0, 0.05) is 39.8 Å². The standard InChI is InChI=1S/C18H36N4O2/c1-5-19-18(21(4)15-17(23)22(6-2)7-3)20-13-10-14-24-16-11-8-9-12-16/h16H,5-15H2,1-4H3,(H,19,20). The first-order valence-electron chi connectivity index (χ1n) is 9.51. The van der Waals surface area contributed by atoms with Gasteiger partial charge in [-0.05, 0) is 40.0 Å². The quantitative estimate of drug-likeness (QED) is 0.376. The van der Waals surface area contributed by atoms with Crippen molar-refractivity contribution in [3.05, 3.63) is 0 Å². The second-order valence-corrected chi connectivity index (χ2v) is 6.29. The van der Waals surface area contributed by atoms with E-state index in [1.807, 2.05) is 37.6 Å². The van der Waals surface area contributed by atoms with E-state index < -0.39 is 0 Å². The van der Waals surface area contributed by atoms with Gasteiger partial charge in [-0.15, -0.1) is 0 Å². The van der Waals surface area contributed by atoms with E-state index in [0.717, 1.165) is 45.2 Å². The minimum atomic E-state index is 0.137. The molecule has 24 heavy (non-hydrogen) atoms. The van der Waals surface area contributed by atoms with Crippen LogP contribution >= 0.6 is 0 Å². The molecule has 0 saturated heterocycles. The predicted octanol–water partition coefficient (Wildman–Crippen LogP) is 2.10. The van der Waals surface area contributed by atoms with Gasteiger partial charge < -0.3 is 19.9 Å². The van der Waals surface area contributed by atoms with Crippen molar-refractivity contribution in [2.24, 2.45) is 4.99 Å². The van der Waals surface area contributed by atoms with Crippen molar-refractivity contribution in [1.82, 2.24) is 15.1 Å². The third kappa shape index (κ3) is 7.51. The number of rotatable bonds is 10. The van der Waals surface area contributed by atoms with Crippen LogP contribution in [0.3, 0.4) is 0 Å². The minimum Gasteiger partial charge on any atom is -0.378 e. The molecule has 0 aromatic heterocycles. The second-order valence-electron chi connectivity index (χ2n) is 6.29. The van der Waals surface area contributed by atoms with Crippen LogP contribution in [0, 0.1) is 0 Å². The van der Waals surface area contributed by atoms with E-state index in [-0.39, 0.29) is 5.91 Å². The van der Waals surface area contributed by atoms with Gasteiger partial charge in [0.25, 0.3) is 0 Å². The summed E-state index contributed by atoms with van der Waals surface area (Å²) in [6.07, 6.45) is 6.42. The number of nitrogens with zero attached hydrogens (tertiary/aromatic N) is 3. The number of amides is 1. The molecule has 0 bridgehead atoms.